The third-order valence-corrected chi connectivity index (χ3v) is 3.90. The first-order chi connectivity index (χ1) is 10.6. The van der Waals surface area contributed by atoms with Gasteiger partial charge in [-0.25, -0.2) is 0 Å². The quantitative estimate of drug-likeness (QED) is 0.728. The molecule has 0 saturated carbocycles. The van der Waals surface area contributed by atoms with Crippen molar-refractivity contribution in [2.45, 2.75) is 6.54 Å². The second-order valence-corrected chi connectivity index (χ2v) is 6.50. The number of rotatable bonds is 4. The summed E-state index contributed by atoms with van der Waals surface area (Å²) in [5.41, 5.74) is 4.42. The van der Waals surface area contributed by atoms with Crippen LogP contribution in [0.15, 0.2) is 59.2 Å². The smallest absolute Gasteiger partial charge is 0.0723 e. The van der Waals surface area contributed by atoms with Crippen LogP contribution in [0.25, 0.3) is 10.9 Å². The van der Waals surface area contributed by atoms with E-state index in [1.807, 2.05) is 24.4 Å². The number of nitrogens with one attached hydrogen (secondary N) is 1. The molecule has 0 atom stereocenters. The maximum atomic E-state index is 4.41. The number of hydrogen-bond acceptors (Lipinski definition) is 3. The molecule has 1 N–H and O–H groups in total. The molecule has 3 nitrogen and oxygen atoms in total. The van der Waals surface area contributed by atoms with Crippen LogP contribution in [-0.4, -0.2) is 24.0 Å². The van der Waals surface area contributed by atoms with Crippen LogP contribution in [0.3, 0.4) is 0 Å². The van der Waals surface area contributed by atoms with Gasteiger partial charge in [-0.15, -0.1) is 0 Å². The summed E-state index contributed by atoms with van der Waals surface area (Å²) in [6, 6.07) is 16.6. The zero-order valence-electron chi connectivity index (χ0n) is 12.7. The van der Waals surface area contributed by atoms with Crippen molar-refractivity contribution in [3.8, 4) is 0 Å². The molecule has 112 valence electrons. The molecule has 0 bridgehead atoms. The highest BCUT2D eigenvalue weighted by molar-refractivity contribution is 9.10. The molecule has 0 amide bonds. The first-order valence-electron chi connectivity index (χ1n) is 7.17. The predicted molar refractivity (Wildman–Crippen MR) is 96.6 cm³/mol. The van der Waals surface area contributed by atoms with Crippen LogP contribution in [0.4, 0.5) is 11.4 Å². The molecule has 2 aromatic carbocycles. The van der Waals surface area contributed by atoms with Crippen molar-refractivity contribution < 1.29 is 0 Å². The number of anilines is 2. The Bertz CT molecular complexity index is 799. The lowest BCUT2D eigenvalue weighted by atomic mass is 10.1. The standard InChI is InChI=1S/C18H18BrN3/c1-22(2)12-13-4-3-5-15(10-13)21-18-8-9-20-17-7-6-14(19)11-16(17)18/h3-11H,12H2,1-2H3,(H,20,21). The van der Waals surface area contributed by atoms with Gasteiger partial charge in [0.2, 0.25) is 0 Å². The van der Waals surface area contributed by atoms with Gasteiger partial charge in [-0.2, -0.15) is 0 Å². The lowest BCUT2D eigenvalue weighted by molar-refractivity contribution is 0.402. The zero-order valence-corrected chi connectivity index (χ0v) is 14.3. The van der Waals surface area contributed by atoms with Gasteiger partial charge in [0.25, 0.3) is 0 Å². The fraction of sp³-hybridized carbons (Fsp3) is 0.167. The molecule has 1 aromatic heterocycles. The molecular weight excluding hydrogens is 338 g/mol. The Hall–Kier alpha value is -1.91. The van der Waals surface area contributed by atoms with Crippen LogP contribution in [0.5, 0.6) is 0 Å². The Morgan fingerprint density at radius 1 is 1.09 bits per heavy atom. The molecule has 0 saturated heterocycles. The number of halogens is 1. The summed E-state index contributed by atoms with van der Waals surface area (Å²) in [6.45, 7) is 0.929. The monoisotopic (exact) mass is 355 g/mol. The van der Waals surface area contributed by atoms with Crippen molar-refractivity contribution in [3.63, 3.8) is 0 Å². The number of fused-ring (bicyclic) bond motifs is 1. The van der Waals surface area contributed by atoms with E-state index in [1.54, 1.807) is 0 Å². The highest BCUT2D eigenvalue weighted by Crippen LogP contribution is 2.28. The second kappa shape index (κ2) is 6.46. The molecule has 0 aliphatic heterocycles. The molecule has 0 aliphatic rings. The van der Waals surface area contributed by atoms with Crippen LogP contribution in [0, 0.1) is 0 Å². The van der Waals surface area contributed by atoms with E-state index < -0.39 is 0 Å². The Morgan fingerprint density at radius 3 is 2.77 bits per heavy atom. The molecule has 0 spiro atoms. The summed E-state index contributed by atoms with van der Waals surface area (Å²) < 4.78 is 1.05. The fourth-order valence-electron chi connectivity index (χ4n) is 2.50. The lowest BCUT2D eigenvalue weighted by Gasteiger charge is -2.13. The van der Waals surface area contributed by atoms with Crippen LogP contribution in [0.2, 0.25) is 0 Å². The summed E-state index contributed by atoms with van der Waals surface area (Å²) in [5.74, 6) is 0. The van der Waals surface area contributed by atoms with Crippen LogP contribution in [-0.2, 0) is 6.54 Å². The first kappa shape index (κ1) is 15.0. The molecule has 0 aliphatic carbocycles. The van der Waals surface area contributed by atoms with Crippen LogP contribution >= 0.6 is 15.9 Å². The second-order valence-electron chi connectivity index (χ2n) is 5.58. The van der Waals surface area contributed by atoms with Crippen molar-refractivity contribution in [1.29, 1.82) is 0 Å². The van der Waals surface area contributed by atoms with E-state index >= 15 is 0 Å². The summed E-state index contributed by atoms with van der Waals surface area (Å²) in [4.78, 5) is 6.58. The molecular formula is C18H18BrN3. The largest absolute Gasteiger partial charge is 0.355 e. The van der Waals surface area contributed by atoms with Gasteiger partial charge in [0.05, 0.1) is 5.52 Å². The maximum absolute atomic E-state index is 4.41. The van der Waals surface area contributed by atoms with Gasteiger partial charge in [0, 0.05) is 34.0 Å². The molecule has 22 heavy (non-hydrogen) atoms. The normalized spacial score (nSPS) is 11.1. The van der Waals surface area contributed by atoms with Gasteiger partial charge in [0.1, 0.15) is 0 Å². The van der Waals surface area contributed by atoms with E-state index in [1.165, 1.54) is 5.56 Å². The number of aromatic nitrogens is 1. The van der Waals surface area contributed by atoms with Crippen molar-refractivity contribution in [2.75, 3.05) is 19.4 Å². The molecule has 3 rings (SSSR count). The van der Waals surface area contributed by atoms with E-state index in [-0.39, 0.29) is 0 Å². The van der Waals surface area contributed by atoms with Gasteiger partial charge in [-0.3, -0.25) is 4.98 Å². The molecule has 0 fully saturated rings. The molecule has 3 aromatic rings. The minimum Gasteiger partial charge on any atom is -0.355 e. The van der Waals surface area contributed by atoms with Crippen molar-refractivity contribution in [2.24, 2.45) is 0 Å². The predicted octanol–water partition coefficient (Wildman–Crippen LogP) is 4.80. The van der Waals surface area contributed by atoms with E-state index in [9.17, 15) is 0 Å². The number of hydrogen-bond donors (Lipinski definition) is 1. The van der Waals surface area contributed by atoms with Gasteiger partial charge >= 0.3 is 0 Å². The van der Waals surface area contributed by atoms with Crippen molar-refractivity contribution in [3.05, 3.63) is 64.8 Å². The zero-order chi connectivity index (χ0) is 15.5. The summed E-state index contributed by atoms with van der Waals surface area (Å²) in [7, 11) is 4.15. The third-order valence-electron chi connectivity index (χ3n) is 3.41. The Kier molecular flexibility index (Phi) is 4.41. The minimum atomic E-state index is 0.929. The average Bonchev–Trinajstić information content (AvgIpc) is 2.47. The van der Waals surface area contributed by atoms with Crippen LogP contribution < -0.4 is 5.32 Å². The molecule has 0 radical (unpaired) electrons. The SMILES string of the molecule is CN(C)Cc1cccc(Nc2ccnc3ccc(Br)cc23)c1. The van der Waals surface area contributed by atoms with E-state index in [0.717, 1.165) is 33.3 Å². The number of nitrogens with zero attached hydrogens (tertiary/aromatic N) is 2. The highest BCUT2D eigenvalue weighted by Gasteiger charge is 2.04. The first-order valence-corrected chi connectivity index (χ1v) is 7.96. The van der Waals surface area contributed by atoms with Gasteiger partial charge < -0.3 is 10.2 Å². The molecule has 4 heteroatoms. The maximum Gasteiger partial charge on any atom is 0.0723 e. The van der Waals surface area contributed by atoms with E-state index in [2.05, 4.69) is 75.6 Å². The fourth-order valence-corrected chi connectivity index (χ4v) is 2.86. The van der Waals surface area contributed by atoms with Crippen molar-refractivity contribution >= 4 is 38.2 Å². The average molecular weight is 356 g/mol. The summed E-state index contributed by atoms with van der Waals surface area (Å²) in [6.07, 6.45) is 1.84. The Balaban J connectivity index is 1.95. The third kappa shape index (κ3) is 3.46. The van der Waals surface area contributed by atoms with E-state index in [4.69, 9.17) is 0 Å². The minimum absolute atomic E-state index is 0.929. The number of pyridine rings is 1. The molecule has 1 heterocycles. The Morgan fingerprint density at radius 2 is 1.95 bits per heavy atom. The lowest BCUT2D eigenvalue weighted by Crippen LogP contribution is -2.10. The highest BCUT2D eigenvalue weighted by atomic mass is 79.9. The van der Waals surface area contributed by atoms with Gasteiger partial charge in [0.15, 0.2) is 0 Å². The Labute approximate surface area is 139 Å². The van der Waals surface area contributed by atoms with E-state index in [0.29, 0.717) is 0 Å². The van der Waals surface area contributed by atoms with Gasteiger partial charge in [-0.05, 0) is 56.1 Å². The summed E-state index contributed by atoms with van der Waals surface area (Å²) >= 11 is 3.53. The van der Waals surface area contributed by atoms with Crippen molar-refractivity contribution in [1.82, 2.24) is 9.88 Å². The topological polar surface area (TPSA) is 28.2 Å². The van der Waals surface area contributed by atoms with Gasteiger partial charge in [-0.1, -0.05) is 28.1 Å². The summed E-state index contributed by atoms with van der Waals surface area (Å²) in [5, 5.41) is 4.61. The number of benzene rings is 2. The van der Waals surface area contributed by atoms with Crippen LogP contribution in [0.1, 0.15) is 5.56 Å². The molecule has 0 unspecified atom stereocenters.